The lowest BCUT2D eigenvalue weighted by molar-refractivity contribution is -0.118. The molecule has 0 amide bonds. The predicted octanol–water partition coefficient (Wildman–Crippen LogP) is 4.96. The summed E-state index contributed by atoms with van der Waals surface area (Å²) in [6.45, 7) is 16.3. The number of phenols is 1. The standard InChI is InChI=1S/C19H36N2.C7H6O3/c1-15(2)10-20-11-17-13-21(16(3)4)14-18(12-20)19(17)8-6-5-7-9-19;8-6-4-2-1-3-5(6)7(9)10/h15-18H,5-14H2,1-4H3;1-4,8H,(H,9,10)/t17-,18+;. The van der Waals surface area contributed by atoms with E-state index in [2.05, 4.69) is 37.5 Å². The zero-order chi connectivity index (χ0) is 22.6. The van der Waals surface area contributed by atoms with Crippen molar-refractivity contribution in [3.63, 3.8) is 0 Å². The largest absolute Gasteiger partial charge is 0.507 e. The van der Waals surface area contributed by atoms with Crippen LogP contribution < -0.4 is 0 Å². The molecule has 1 aromatic rings. The Morgan fingerprint density at radius 1 is 1.00 bits per heavy atom. The van der Waals surface area contributed by atoms with Crippen molar-refractivity contribution in [1.82, 2.24) is 9.80 Å². The topological polar surface area (TPSA) is 64.0 Å². The zero-order valence-corrected chi connectivity index (χ0v) is 19.9. The van der Waals surface area contributed by atoms with Gasteiger partial charge in [-0.1, -0.05) is 45.2 Å². The van der Waals surface area contributed by atoms with Crippen LogP contribution in [0, 0.1) is 23.2 Å². The molecule has 1 spiro atoms. The van der Waals surface area contributed by atoms with Crippen LogP contribution in [0.5, 0.6) is 5.75 Å². The van der Waals surface area contributed by atoms with Gasteiger partial charge in [0.05, 0.1) is 0 Å². The van der Waals surface area contributed by atoms with E-state index < -0.39 is 5.97 Å². The third kappa shape index (κ3) is 5.61. The highest BCUT2D eigenvalue weighted by molar-refractivity contribution is 5.90. The lowest BCUT2D eigenvalue weighted by Gasteiger charge is -2.61. The number of aromatic carboxylic acids is 1. The van der Waals surface area contributed by atoms with Crippen molar-refractivity contribution in [2.24, 2.45) is 23.2 Å². The van der Waals surface area contributed by atoms with Crippen molar-refractivity contribution in [3.05, 3.63) is 29.8 Å². The molecule has 5 heteroatoms. The van der Waals surface area contributed by atoms with Crippen molar-refractivity contribution in [3.8, 4) is 5.75 Å². The highest BCUT2D eigenvalue weighted by Crippen LogP contribution is 2.54. The van der Waals surface area contributed by atoms with Gasteiger partial charge in [0.2, 0.25) is 0 Å². The first-order valence-corrected chi connectivity index (χ1v) is 12.2. The Morgan fingerprint density at radius 2 is 1.58 bits per heavy atom. The number of para-hydroxylation sites is 1. The fraction of sp³-hybridized carbons (Fsp3) is 0.731. The molecule has 2 bridgehead atoms. The molecule has 2 atom stereocenters. The van der Waals surface area contributed by atoms with Crippen LogP contribution in [-0.4, -0.2) is 64.7 Å². The monoisotopic (exact) mass is 430 g/mol. The molecule has 1 aliphatic carbocycles. The summed E-state index contributed by atoms with van der Waals surface area (Å²) in [5, 5.41) is 17.3. The first kappa shape index (κ1) is 24.1. The van der Waals surface area contributed by atoms with Gasteiger partial charge in [0.15, 0.2) is 0 Å². The molecule has 3 fully saturated rings. The number of carbonyl (C=O) groups is 1. The van der Waals surface area contributed by atoms with E-state index in [9.17, 15) is 4.79 Å². The summed E-state index contributed by atoms with van der Waals surface area (Å²) in [6.07, 6.45) is 7.55. The highest BCUT2D eigenvalue weighted by Gasteiger charge is 2.53. The van der Waals surface area contributed by atoms with Crippen molar-refractivity contribution in [2.75, 3.05) is 32.7 Å². The first-order chi connectivity index (χ1) is 14.7. The second kappa shape index (κ2) is 10.4. The minimum atomic E-state index is -1.11. The second-order valence-corrected chi connectivity index (χ2v) is 10.7. The summed E-state index contributed by atoms with van der Waals surface area (Å²) in [5.74, 6) is 1.37. The van der Waals surface area contributed by atoms with Crippen molar-refractivity contribution in [2.45, 2.75) is 65.8 Å². The fourth-order valence-corrected chi connectivity index (χ4v) is 6.28. The van der Waals surface area contributed by atoms with E-state index in [4.69, 9.17) is 10.2 Å². The Morgan fingerprint density at radius 3 is 2.03 bits per heavy atom. The van der Waals surface area contributed by atoms with Crippen LogP contribution in [0.25, 0.3) is 0 Å². The number of likely N-dealkylation sites (tertiary alicyclic amines) is 2. The maximum absolute atomic E-state index is 10.3. The minimum absolute atomic E-state index is 0.0671. The Hall–Kier alpha value is -1.59. The molecular formula is C26H42N2O3. The quantitative estimate of drug-likeness (QED) is 0.707. The van der Waals surface area contributed by atoms with Crippen LogP contribution in [0.2, 0.25) is 0 Å². The fourth-order valence-electron chi connectivity index (χ4n) is 6.28. The first-order valence-electron chi connectivity index (χ1n) is 12.2. The molecule has 2 saturated heterocycles. The lowest BCUT2D eigenvalue weighted by Crippen LogP contribution is -2.64. The molecule has 0 radical (unpaired) electrons. The van der Waals surface area contributed by atoms with Crippen molar-refractivity contribution >= 4 is 5.97 Å². The van der Waals surface area contributed by atoms with Gasteiger partial charge < -0.3 is 20.0 Å². The number of hydrogen-bond donors (Lipinski definition) is 2. The molecule has 3 aliphatic rings. The molecule has 1 aromatic carbocycles. The maximum atomic E-state index is 10.3. The molecule has 31 heavy (non-hydrogen) atoms. The van der Waals surface area contributed by atoms with Gasteiger partial charge in [-0.25, -0.2) is 4.79 Å². The maximum Gasteiger partial charge on any atom is 0.339 e. The highest BCUT2D eigenvalue weighted by atomic mass is 16.4. The van der Waals surface area contributed by atoms with E-state index in [1.807, 2.05) is 0 Å². The molecule has 4 rings (SSSR count). The number of carboxylic acids is 1. The number of aromatic hydroxyl groups is 1. The molecule has 0 unspecified atom stereocenters. The van der Waals surface area contributed by atoms with Gasteiger partial charge in [0.25, 0.3) is 0 Å². The van der Waals surface area contributed by atoms with Crippen LogP contribution in [0.3, 0.4) is 0 Å². The van der Waals surface area contributed by atoms with Crippen LogP contribution in [-0.2, 0) is 0 Å². The molecular weight excluding hydrogens is 388 g/mol. The summed E-state index contributed by atoms with van der Waals surface area (Å²) < 4.78 is 0. The molecule has 2 N–H and O–H groups in total. The summed E-state index contributed by atoms with van der Waals surface area (Å²) >= 11 is 0. The van der Waals surface area contributed by atoms with Crippen LogP contribution in [0.15, 0.2) is 24.3 Å². The third-order valence-corrected chi connectivity index (χ3v) is 7.77. The van der Waals surface area contributed by atoms with E-state index >= 15 is 0 Å². The van der Waals surface area contributed by atoms with E-state index in [0.717, 1.165) is 29.2 Å². The van der Waals surface area contributed by atoms with E-state index in [-0.39, 0.29) is 11.3 Å². The number of nitrogens with zero attached hydrogens (tertiary/aromatic N) is 2. The summed E-state index contributed by atoms with van der Waals surface area (Å²) in [6, 6.07) is 6.54. The normalized spacial score (nSPS) is 26.0. The molecule has 2 heterocycles. The smallest absolute Gasteiger partial charge is 0.339 e. The SMILES string of the molecule is CC(C)CN1C[C@@H]2CN(C(C)C)C[C@H](C1)C21CCCCC1.O=C(O)c1ccccc1O. The third-order valence-electron chi connectivity index (χ3n) is 7.77. The minimum Gasteiger partial charge on any atom is -0.507 e. The van der Waals surface area contributed by atoms with Gasteiger partial charge in [0.1, 0.15) is 11.3 Å². The lowest BCUT2D eigenvalue weighted by atomic mass is 9.55. The van der Waals surface area contributed by atoms with E-state index in [1.54, 1.807) is 12.1 Å². The molecule has 1 saturated carbocycles. The van der Waals surface area contributed by atoms with Gasteiger partial charge in [-0.3, -0.25) is 0 Å². The Bertz CT molecular complexity index is 709. The number of hydrogen-bond acceptors (Lipinski definition) is 4. The van der Waals surface area contributed by atoms with Crippen molar-refractivity contribution in [1.29, 1.82) is 0 Å². The van der Waals surface area contributed by atoms with E-state index in [1.165, 1.54) is 77.0 Å². The van der Waals surface area contributed by atoms with Gasteiger partial charge in [-0.2, -0.15) is 0 Å². The Balaban J connectivity index is 0.000000229. The predicted molar refractivity (Wildman–Crippen MR) is 126 cm³/mol. The zero-order valence-electron chi connectivity index (χ0n) is 19.9. The number of piperidine rings is 2. The second-order valence-electron chi connectivity index (χ2n) is 10.7. The van der Waals surface area contributed by atoms with Crippen LogP contribution in [0.1, 0.15) is 70.2 Å². The number of rotatable bonds is 4. The Kier molecular flexibility index (Phi) is 8.03. The van der Waals surface area contributed by atoms with Gasteiger partial charge in [-0.05, 0) is 62.0 Å². The van der Waals surface area contributed by atoms with Gasteiger partial charge >= 0.3 is 5.97 Å². The summed E-state index contributed by atoms with van der Waals surface area (Å²) in [5.41, 5.74) is 0.652. The summed E-state index contributed by atoms with van der Waals surface area (Å²) in [7, 11) is 0. The van der Waals surface area contributed by atoms with Crippen molar-refractivity contribution < 1.29 is 15.0 Å². The molecule has 0 aromatic heterocycles. The molecule has 2 aliphatic heterocycles. The average molecular weight is 431 g/mol. The Labute approximate surface area is 188 Å². The molecule has 174 valence electrons. The van der Waals surface area contributed by atoms with Crippen LogP contribution >= 0.6 is 0 Å². The van der Waals surface area contributed by atoms with Gasteiger partial charge in [0, 0.05) is 38.8 Å². The van der Waals surface area contributed by atoms with Gasteiger partial charge in [-0.15, -0.1) is 0 Å². The molecule has 5 nitrogen and oxygen atoms in total. The van der Waals surface area contributed by atoms with E-state index in [0.29, 0.717) is 0 Å². The average Bonchev–Trinajstić information content (AvgIpc) is 2.69. The number of benzene rings is 1. The van der Waals surface area contributed by atoms with Crippen LogP contribution in [0.4, 0.5) is 0 Å². The summed E-state index contributed by atoms with van der Waals surface area (Å²) in [4.78, 5) is 15.8. The number of carboxylic acid groups (broad SMARTS) is 1.